The average Bonchev–Trinajstić information content (AvgIpc) is 3.21. The number of esters is 2. The summed E-state index contributed by atoms with van der Waals surface area (Å²) < 4.78 is 57.7. The largest absolute Gasteiger partial charge is 0.451 e. The molecule has 1 saturated heterocycles. The van der Waals surface area contributed by atoms with E-state index in [-0.39, 0.29) is 21.8 Å². The van der Waals surface area contributed by atoms with Gasteiger partial charge in [0.1, 0.15) is 5.56 Å². The monoisotopic (exact) mass is 671 g/mol. The number of nitrogens with zero attached hydrogens (tertiary/aromatic N) is 4. The highest BCUT2D eigenvalue weighted by atomic mass is 127. The number of H-pyrrole nitrogens is 1. The van der Waals surface area contributed by atoms with Gasteiger partial charge < -0.3 is 14.2 Å². The van der Waals surface area contributed by atoms with E-state index in [1.807, 2.05) is 0 Å². The Morgan fingerprint density at radius 2 is 1.60 bits per heavy atom. The topological polar surface area (TPSA) is 165 Å². The van der Waals surface area contributed by atoms with Crippen LogP contribution in [0.5, 0.6) is 0 Å². The van der Waals surface area contributed by atoms with Crippen LogP contribution in [0, 0.1) is 0 Å². The van der Waals surface area contributed by atoms with E-state index in [4.69, 9.17) is 14.2 Å². The number of alkyl halides is 4. The van der Waals surface area contributed by atoms with Crippen molar-refractivity contribution in [3.63, 3.8) is 0 Å². The number of benzene rings is 2. The normalized spacial score (nSPS) is 22.2. The minimum absolute atomic E-state index is 0.00920. The van der Waals surface area contributed by atoms with Gasteiger partial charge in [0.2, 0.25) is 0 Å². The molecule has 16 heteroatoms. The summed E-state index contributed by atoms with van der Waals surface area (Å²) in [6, 6.07) is 14.9. The second-order valence-corrected chi connectivity index (χ2v) is 9.07. The molecule has 0 unspecified atom stereocenters. The Balaban J connectivity index is 1.88. The minimum Gasteiger partial charge on any atom is -0.451 e. The Morgan fingerprint density at radius 3 is 2.10 bits per heavy atom. The molecule has 0 aliphatic carbocycles. The molecule has 0 spiro atoms. The van der Waals surface area contributed by atoms with E-state index in [9.17, 15) is 37.9 Å². The lowest BCUT2D eigenvalue weighted by Gasteiger charge is -2.28. The van der Waals surface area contributed by atoms with Crippen molar-refractivity contribution in [3.05, 3.63) is 115 Å². The molecule has 0 saturated carbocycles. The number of nitrogens with one attached hydrogen (secondary N) is 1. The van der Waals surface area contributed by atoms with E-state index in [1.54, 1.807) is 39.7 Å². The Morgan fingerprint density at radius 1 is 1.05 bits per heavy atom. The number of aromatic nitrogens is 2. The molecule has 0 radical (unpaired) electrons. The molecule has 1 fully saturated rings. The molecule has 0 bridgehead atoms. The third-order valence-electron chi connectivity index (χ3n) is 5.80. The SMILES string of the molecule is [N-]=[N+]=N[C@]1(CI)O[C@@H](n2cc(C(F)(F)F)c(=O)[nH]c2=O)[C@H](OC(=O)c2ccccc2)[C@@H]1OC(=O)c1ccccc1. The predicted octanol–water partition coefficient (Wildman–Crippen LogP) is 3.98. The van der Waals surface area contributed by atoms with E-state index in [1.165, 1.54) is 48.5 Å². The van der Waals surface area contributed by atoms with Gasteiger partial charge in [0.15, 0.2) is 24.2 Å². The molecule has 1 aliphatic heterocycles. The number of carbonyl (C=O) groups excluding carboxylic acids is 2. The van der Waals surface area contributed by atoms with Gasteiger partial charge in [0, 0.05) is 15.5 Å². The van der Waals surface area contributed by atoms with Gasteiger partial charge in [-0.1, -0.05) is 64.1 Å². The lowest BCUT2D eigenvalue weighted by atomic mass is 10.1. The van der Waals surface area contributed by atoms with E-state index in [2.05, 4.69) is 10.0 Å². The summed E-state index contributed by atoms with van der Waals surface area (Å²) >= 11 is 1.71. The molecule has 1 aromatic heterocycles. The molecule has 1 aliphatic rings. The molecular formula is C24H17F3IN5O7. The standard InChI is InChI=1S/C24H17F3IN5O7/c25-24(26,27)15-11-33(22(37)30-18(15)34)19-16(38-20(35)13-7-3-1-4-8-13)17(23(12-28,40-19)31-32-29)39-21(36)14-9-5-2-6-10-14/h1-11,16-17,19H,12H2,(H,30,34,37)/t16-,17+,19-,23-/m1/s1. The molecule has 2 aromatic carbocycles. The van der Waals surface area contributed by atoms with Crippen molar-refractivity contribution in [1.82, 2.24) is 9.55 Å². The molecule has 0 amide bonds. The van der Waals surface area contributed by atoms with Gasteiger partial charge in [-0.25, -0.2) is 14.4 Å². The average molecular weight is 671 g/mol. The first kappa shape index (κ1) is 28.8. The molecule has 2 heterocycles. The Kier molecular flexibility index (Phi) is 8.32. The molecule has 4 atom stereocenters. The van der Waals surface area contributed by atoms with Crippen molar-refractivity contribution in [3.8, 4) is 0 Å². The van der Waals surface area contributed by atoms with Crippen LogP contribution in [-0.2, 0) is 20.4 Å². The van der Waals surface area contributed by atoms with E-state index < -0.39 is 59.1 Å². The predicted molar refractivity (Wildman–Crippen MR) is 139 cm³/mol. The zero-order valence-corrected chi connectivity index (χ0v) is 22.1. The van der Waals surface area contributed by atoms with Crippen LogP contribution in [-0.4, -0.2) is 43.9 Å². The molecule has 1 N–H and O–H groups in total. The fourth-order valence-electron chi connectivity index (χ4n) is 3.93. The highest BCUT2D eigenvalue weighted by Gasteiger charge is 2.60. The first-order chi connectivity index (χ1) is 19.0. The fourth-order valence-corrected chi connectivity index (χ4v) is 4.70. The quantitative estimate of drug-likeness (QED) is 0.0991. The van der Waals surface area contributed by atoms with Gasteiger partial charge in [-0.2, -0.15) is 13.2 Å². The summed E-state index contributed by atoms with van der Waals surface area (Å²) in [7, 11) is 0. The summed E-state index contributed by atoms with van der Waals surface area (Å²) in [5.41, 5.74) is 2.37. The van der Waals surface area contributed by atoms with Crippen molar-refractivity contribution in [2.75, 3.05) is 4.43 Å². The van der Waals surface area contributed by atoms with Crippen LogP contribution in [0.4, 0.5) is 13.2 Å². The minimum atomic E-state index is -5.18. The first-order valence-electron chi connectivity index (χ1n) is 11.3. The smallest absolute Gasteiger partial charge is 0.423 e. The fraction of sp³-hybridized carbons (Fsp3) is 0.250. The first-order valence-corrected chi connectivity index (χ1v) is 12.8. The number of hydrogen-bond donors (Lipinski definition) is 1. The van der Waals surface area contributed by atoms with Gasteiger partial charge >= 0.3 is 23.8 Å². The van der Waals surface area contributed by atoms with Gasteiger partial charge in [0.25, 0.3) is 5.56 Å². The van der Waals surface area contributed by atoms with Gasteiger partial charge in [-0.05, 0) is 29.8 Å². The van der Waals surface area contributed by atoms with Crippen LogP contribution in [0.3, 0.4) is 0 Å². The third kappa shape index (κ3) is 5.73. The summed E-state index contributed by atoms with van der Waals surface area (Å²) in [6.07, 6.45) is -10.5. The molecule has 3 aromatic rings. The zero-order chi connectivity index (χ0) is 29.1. The van der Waals surface area contributed by atoms with Gasteiger partial charge in [-0.15, -0.1) is 0 Å². The van der Waals surface area contributed by atoms with Gasteiger partial charge in [-0.3, -0.25) is 14.3 Å². The van der Waals surface area contributed by atoms with E-state index >= 15 is 0 Å². The van der Waals surface area contributed by atoms with Crippen LogP contribution in [0.2, 0.25) is 0 Å². The van der Waals surface area contributed by atoms with Crippen molar-refractivity contribution in [2.24, 2.45) is 5.11 Å². The van der Waals surface area contributed by atoms with E-state index in [0.717, 1.165) is 0 Å². The summed E-state index contributed by atoms with van der Waals surface area (Å²) in [5.74, 6) is -1.98. The van der Waals surface area contributed by atoms with Crippen molar-refractivity contribution in [2.45, 2.75) is 30.3 Å². The Labute approximate surface area is 235 Å². The molecule has 40 heavy (non-hydrogen) atoms. The second kappa shape index (κ2) is 11.5. The highest BCUT2D eigenvalue weighted by Crippen LogP contribution is 2.43. The second-order valence-electron chi connectivity index (χ2n) is 8.31. The maximum Gasteiger partial charge on any atom is 0.423 e. The third-order valence-corrected chi connectivity index (χ3v) is 6.89. The highest BCUT2D eigenvalue weighted by molar-refractivity contribution is 14.1. The zero-order valence-electron chi connectivity index (χ0n) is 19.9. The number of halogens is 4. The van der Waals surface area contributed by atoms with Crippen molar-refractivity contribution in [1.29, 1.82) is 0 Å². The van der Waals surface area contributed by atoms with E-state index in [0.29, 0.717) is 4.57 Å². The Bertz CT molecular complexity index is 1580. The van der Waals surface area contributed by atoms with Gasteiger partial charge in [0.05, 0.1) is 11.1 Å². The van der Waals surface area contributed by atoms with Crippen LogP contribution in [0.1, 0.15) is 32.5 Å². The number of hydrogen-bond acceptors (Lipinski definition) is 8. The Hall–Kier alpha value is -4.15. The molecular weight excluding hydrogens is 654 g/mol. The number of rotatable bonds is 7. The molecule has 12 nitrogen and oxygen atoms in total. The summed E-state index contributed by atoms with van der Waals surface area (Å²) in [6.45, 7) is 0. The maximum atomic E-state index is 13.6. The number of carbonyl (C=O) groups is 2. The van der Waals surface area contributed by atoms with Crippen LogP contribution >= 0.6 is 22.6 Å². The summed E-state index contributed by atoms with van der Waals surface area (Å²) in [4.78, 5) is 55.0. The number of aromatic amines is 1. The van der Waals surface area contributed by atoms with Crippen molar-refractivity contribution < 1.29 is 37.0 Å². The molecule has 4 rings (SSSR count). The van der Waals surface area contributed by atoms with Crippen molar-refractivity contribution >= 4 is 34.5 Å². The van der Waals surface area contributed by atoms with Crippen LogP contribution < -0.4 is 11.2 Å². The molecule has 208 valence electrons. The lowest BCUT2D eigenvalue weighted by Crippen LogP contribution is -2.47. The lowest BCUT2D eigenvalue weighted by molar-refractivity contribution is -0.140. The van der Waals surface area contributed by atoms with Crippen LogP contribution in [0.15, 0.2) is 81.6 Å². The van der Waals surface area contributed by atoms with Crippen LogP contribution in [0.25, 0.3) is 10.4 Å². The maximum absolute atomic E-state index is 13.6. The number of ether oxygens (including phenoxy) is 3. The number of azide groups is 1. The summed E-state index contributed by atoms with van der Waals surface area (Å²) in [5, 5.41) is 3.60.